The molecule has 0 saturated heterocycles. The van der Waals surface area contributed by atoms with Crippen molar-refractivity contribution >= 4 is 11.6 Å². The Kier molecular flexibility index (Phi) is 7.53. The van der Waals surface area contributed by atoms with Crippen LogP contribution in [-0.2, 0) is 22.7 Å². The summed E-state index contributed by atoms with van der Waals surface area (Å²) in [5.41, 5.74) is 6.42. The van der Waals surface area contributed by atoms with E-state index in [9.17, 15) is 9.59 Å². The lowest BCUT2D eigenvalue weighted by Crippen LogP contribution is -2.44. The highest BCUT2D eigenvalue weighted by Crippen LogP contribution is 2.55. The second-order valence-electron chi connectivity index (χ2n) is 13.8. The molecule has 1 heterocycles. The first kappa shape index (κ1) is 29.0. The molecule has 43 heavy (non-hydrogen) atoms. The maximum absolute atomic E-state index is 14.1. The number of ketones is 2. The van der Waals surface area contributed by atoms with E-state index in [1.807, 2.05) is 66.7 Å². The van der Waals surface area contributed by atoms with E-state index in [1.54, 1.807) is 7.11 Å². The van der Waals surface area contributed by atoms with Gasteiger partial charge in [0.05, 0.1) is 7.11 Å². The van der Waals surface area contributed by atoms with Gasteiger partial charge in [0.1, 0.15) is 6.61 Å². The molecule has 0 unspecified atom stereocenters. The maximum atomic E-state index is 14.1. The maximum Gasteiger partial charge on any atom is 0.162 e. The number of rotatable bonds is 7. The van der Waals surface area contributed by atoms with Crippen molar-refractivity contribution in [3.05, 3.63) is 118 Å². The van der Waals surface area contributed by atoms with Crippen LogP contribution in [0.4, 0.5) is 0 Å². The summed E-state index contributed by atoms with van der Waals surface area (Å²) in [6.45, 7) is 9.74. The summed E-state index contributed by atoms with van der Waals surface area (Å²) in [6, 6.07) is 26.3. The van der Waals surface area contributed by atoms with Crippen LogP contribution in [0.3, 0.4) is 0 Å². The molecule has 6 rings (SSSR count). The molecule has 0 aromatic heterocycles. The molecular weight excluding hydrogens is 534 g/mol. The van der Waals surface area contributed by atoms with Crippen molar-refractivity contribution in [3.63, 3.8) is 0 Å². The molecule has 0 radical (unpaired) electrons. The Morgan fingerprint density at radius 1 is 0.698 bits per heavy atom. The molecule has 0 spiro atoms. The zero-order chi connectivity index (χ0) is 30.4. The highest BCUT2D eigenvalue weighted by atomic mass is 16.5. The molecule has 3 aromatic rings. The summed E-state index contributed by atoms with van der Waals surface area (Å²) in [5, 5.41) is 0. The number of allylic oxidation sites excluding steroid dienone is 4. The minimum absolute atomic E-state index is 0.127. The van der Waals surface area contributed by atoms with Crippen molar-refractivity contribution in [2.75, 3.05) is 7.11 Å². The third-order valence-corrected chi connectivity index (χ3v) is 8.96. The van der Waals surface area contributed by atoms with Gasteiger partial charge in [0.2, 0.25) is 0 Å². The van der Waals surface area contributed by atoms with Crippen LogP contribution in [0.5, 0.6) is 11.5 Å². The summed E-state index contributed by atoms with van der Waals surface area (Å²) in [7, 11) is 1.63. The van der Waals surface area contributed by atoms with Crippen LogP contribution < -0.4 is 9.47 Å². The van der Waals surface area contributed by atoms with Gasteiger partial charge in [-0.25, -0.2) is 0 Å². The van der Waals surface area contributed by atoms with Crippen molar-refractivity contribution in [3.8, 4) is 11.5 Å². The van der Waals surface area contributed by atoms with Crippen LogP contribution in [-0.4, -0.2) is 23.6 Å². The zero-order valence-corrected chi connectivity index (χ0v) is 25.9. The van der Waals surface area contributed by atoms with Crippen LogP contribution in [0.2, 0.25) is 0 Å². The number of hydrogen-bond acceptors (Lipinski definition) is 5. The van der Waals surface area contributed by atoms with E-state index in [0.29, 0.717) is 37.5 Å². The topological polar surface area (TPSA) is 55.8 Å². The van der Waals surface area contributed by atoms with E-state index in [0.717, 1.165) is 52.1 Å². The first-order chi connectivity index (χ1) is 20.5. The van der Waals surface area contributed by atoms with Gasteiger partial charge in [0.25, 0.3) is 0 Å². The van der Waals surface area contributed by atoms with Crippen LogP contribution in [0.25, 0.3) is 0 Å². The predicted molar refractivity (Wildman–Crippen MR) is 169 cm³/mol. The molecule has 0 atom stereocenters. The summed E-state index contributed by atoms with van der Waals surface area (Å²) in [6.07, 6.45) is 2.47. The standard InChI is InChI=1S/C38H41NO4/c1-37(2)19-28-35(30(40)21-37)34(27-16-17-32(33(18-27)42-5)43-24-26-14-10-7-11-15-26)36-29(20-38(3,4)22-31(36)41)39(28)23-25-12-8-6-9-13-25/h6-18,34H,19-24H2,1-5H3. The van der Waals surface area contributed by atoms with Crippen LogP contribution in [0.1, 0.15) is 76.0 Å². The van der Waals surface area contributed by atoms with E-state index in [1.165, 1.54) is 0 Å². The number of carbonyl (C=O) groups excluding carboxylic acids is 2. The molecule has 0 bridgehead atoms. The van der Waals surface area contributed by atoms with Crippen LogP contribution in [0.15, 0.2) is 101 Å². The lowest BCUT2D eigenvalue weighted by atomic mass is 9.63. The predicted octanol–water partition coefficient (Wildman–Crippen LogP) is 8.16. The van der Waals surface area contributed by atoms with E-state index < -0.39 is 5.92 Å². The smallest absolute Gasteiger partial charge is 0.162 e. The normalized spacial score (nSPS) is 19.7. The second kappa shape index (κ2) is 11.2. The summed E-state index contributed by atoms with van der Waals surface area (Å²) in [4.78, 5) is 30.6. The molecule has 3 aliphatic rings. The third-order valence-electron chi connectivity index (χ3n) is 8.96. The molecule has 1 aliphatic heterocycles. The average Bonchev–Trinajstić information content (AvgIpc) is 2.96. The molecule has 222 valence electrons. The Morgan fingerprint density at radius 2 is 1.23 bits per heavy atom. The van der Waals surface area contributed by atoms with Crippen molar-refractivity contribution < 1.29 is 19.1 Å². The van der Waals surface area contributed by atoms with E-state index >= 15 is 0 Å². The van der Waals surface area contributed by atoms with E-state index in [2.05, 4.69) is 44.7 Å². The molecule has 3 aromatic carbocycles. The van der Waals surface area contributed by atoms with Gasteiger partial charge in [-0.3, -0.25) is 9.59 Å². The molecule has 0 saturated carbocycles. The number of methoxy groups -OCH3 is 1. The van der Waals surface area contributed by atoms with Gasteiger partial charge < -0.3 is 14.4 Å². The van der Waals surface area contributed by atoms with Crippen LogP contribution in [0, 0.1) is 10.8 Å². The minimum atomic E-state index is -0.429. The fourth-order valence-corrected chi connectivity index (χ4v) is 7.06. The highest BCUT2D eigenvalue weighted by molar-refractivity contribution is 6.06. The molecule has 0 fully saturated rings. The number of nitrogens with zero attached hydrogens (tertiary/aromatic N) is 1. The number of ether oxygens (including phenoxy) is 2. The Hall–Kier alpha value is -4.12. The van der Waals surface area contributed by atoms with Crippen molar-refractivity contribution in [1.29, 1.82) is 0 Å². The molecule has 2 aliphatic carbocycles. The van der Waals surface area contributed by atoms with E-state index in [-0.39, 0.29) is 22.4 Å². The lowest BCUT2D eigenvalue weighted by molar-refractivity contribution is -0.119. The second-order valence-corrected chi connectivity index (χ2v) is 13.8. The SMILES string of the molecule is COc1cc(C2C3=C(CC(C)(C)CC3=O)N(Cc3ccccc3)C3=C2C(=O)CC(C)(C)C3)ccc1OCc1ccccc1. The quantitative estimate of drug-likeness (QED) is 0.285. The van der Waals surface area contributed by atoms with Gasteiger partial charge >= 0.3 is 0 Å². The number of benzene rings is 3. The highest BCUT2D eigenvalue weighted by Gasteiger charge is 2.49. The largest absolute Gasteiger partial charge is 0.493 e. The molecular formula is C38H41NO4. The van der Waals surface area contributed by atoms with E-state index in [4.69, 9.17) is 9.47 Å². The summed E-state index contributed by atoms with van der Waals surface area (Å²) >= 11 is 0. The fraction of sp³-hybridized carbons (Fsp3) is 0.368. The van der Waals surface area contributed by atoms with Crippen molar-refractivity contribution in [2.45, 2.75) is 72.4 Å². The Morgan fingerprint density at radius 3 is 1.77 bits per heavy atom. The minimum Gasteiger partial charge on any atom is -0.493 e. The van der Waals surface area contributed by atoms with Crippen molar-refractivity contribution in [2.24, 2.45) is 10.8 Å². The Balaban J connectivity index is 1.49. The van der Waals surface area contributed by atoms with Crippen molar-refractivity contribution in [1.82, 2.24) is 4.90 Å². The fourth-order valence-electron chi connectivity index (χ4n) is 7.06. The summed E-state index contributed by atoms with van der Waals surface area (Å²) < 4.78 is 12.0. The van der Waals surface area contributed by atoms with Gasteiger partial charge in [-0.05, 0) is 52.5 Å². The zero-order valence-electron chi connectivity index (χ0n) is 25.9. The first-order valence-electron chi connectivity index (χ1n) is 15.2. The Bertz CT molecular complexity index is 1560. The van der Waals surface area contributed by atoms with Gasteiger partial charge in [-0.1, -0.05) is 94.4 Å². The number of carbonyl (C=O) groups is 2. The van der Waals surface area contributed by atoms with Gasteiger partial charge in [-0.15, -0.1) is 0 Å². The van der Waals surface area contributed by atoms with Crippen LogP contribution >= 0.6 is 0 Å². The number of hydrogen-bond donors (Lipinski definition) is 0. The molecule has 0 amide bonds. The number of Topliss-reactive ketones (excluding diaryl/α,β-unsaturated/α-hetero) is 2. The average molecular weight is 576 g/mol. The monoisotopic (exact) mass is 575 g/mol. The molecule has 5 nitrogen and oxygen atoms in total. The van der Waals surface area contributed by atoms with Gasteiger partial charge in [-0.2, -0.15) is 0 Å². The molecule has 0 N–H and O–H groups in total. The molecule has 5 heteroatoms. The summed E-state index contributed by atoms with van der Waals surface area (Å²) in [5.74, 6) is 1.05. The third kappa shape index (κ3) is 5.78. The first-order valence-corrected chi connectivity index (χ1v) is 15.2. The lowest BCUT2D eigenvalue weighted by Gasteiger charge is -2.49. The Labute approximate surface area is 255 Å². The van der Waals surface area contributed by atoms with Gasteiger partial charge in [0, 0.05) is 47.8 Å². The van der Waals surface area contributed by atoms with Gasteiger partial charge in [0.15, 0.2) is 23.1 Å².